The van der Waals surface area contributed by atoms with Crippen molar-refractivity contribution in [1.29, 1.82) is 0 Å². The standard InChI is InChI=1S/C20H28BrNO8Si/c1-4-27-31(28-5-2,29-6-3)9-7-8-22-20(25)26-13-14-10-19(24)30-18-12-17(23)16(21)11-15(14)18/h10-12,23H,4-9,13H2,1-3H3,(H,22,25). The third kappa shape index (κ3) is 7.32. The number of amides is 1. The lowest BCUT2D eigenvalue weighted by Gasteiger charge is -2.28. The number of phenolic OH excluding ortho intramolecular Hbond substituents is 1. The van der Waals surface area contributed by atoms with Crippen LogP contribution in [-0.2, 0) is 24.6 Å². The Morgan fingerprint density at radius 2 is 1.77 bits per heavy atom. The molecule has 0 aliphatic heterocycles. The van der Waals surface area contributed by atoms with Crippen molar-refractivity contribution in [3.63, 3.8) is 0 Å². The highest BCUT2D eigenvalue weighted by molar-refractivity contribution is 9.10. The van der Waals surface area contributed by atoms with E-state index in [9.17, 15) is 14.7 Å². The van der Waals surface area contributed by atoms with Crippen molar-refractivity contribution < 1.29 is 32.3 Å². The van der Waals surface area contributed by atoms with Gasteiger partial charge in [0.1, 0.15) is 17.9 Å². The van der Waals surface area contributed by atoms with Gasteiger partial charge in [-0.15, -0.1) is 0 Å². The van der Waals surface area contributed by atoms with Crippen LogP contribution < -0.4 is 10.9 Å². The summed E-state index contributed by atoms with van der Waals surface area (Å²) in [5.41, 5.74) is 0.0751. The molecule has 0 unspecified atom stereocenters. The minimum Gasteiger partial charge on any atom is -0.507 e. The van der Waals surface area contributed by atoms with Crippen molar-refractivity contribution >= 4 is 41.8 Å². The molecule has 1 amide bonds. The molecule has 0 fully saturated rings. The number of carbonyl (C=O) groups is 1. The Hall–Kier alpha value is -1.92. The molecule has 2 aromatic rings. The van der Waals surface area contributed by atoms with Crippen LogP contribution in [0.1, 0.15) is 32.8 Å². The molecule has 0 aliphatic carbocycles. The summed E-state index contributed by atoms with van der Waals surface area (Å²) in [4.78, 5) is 23.9. The number of fused-ring (bicyclic) bond motifs is 1. The topological polar surface area (TPSA) is 116 Å². The van der Waals surface area contributed by atoms with Gasteiger partial charge in [0.2, 0.25) is 0 Å². The minimum absolute atomic E-state index is 0.0581. The summed E-state index contributed by atoms with van der Waals surface area (Å²) in [7, 11) is -2.75. The highest BCUT2D eigenvalue weighted by atomic mass is 79.9. The molecule has 0 saturated heterocycles. The van der Waals surface area contributed by atoms with Crippen molar-refractivity contribution in [2.24, 2.45) is 0 Å². The number of carbonyl (C=O) groups excluding carboxylic acids is 1. The average molecular weight is 518 g/mol. The average Bonchev–Trinajstić information content (AvgIpc) is 2.71. The van der Waals surface area contributed by atoms with Crippen LogP contribution in [0.2, 0.25) is 6.04 Å². The second-order valence-electron chi connectivity index (χ2n) is 6.48. The van der Waals surface area contributed by atoms with Gasteiger partial charge in [0.05, 0.1) is 4.47 Å². The van der Waals surface area contributed by atoms with Gasteiger partial charge in [0, 0.05) is 55.5 Å². The van der Waals surface area contributed by atoms with E-state index in [1.54, 1.807) is 6.07 Å². The molecular weight excluding hydrogens is 490 g/mol. The van der Waals surface area contributed by atoms with Crippen LogP contribution in [0.3, 0.4) is 0 Å². The van der Waals surface area contributed by atoms with E-state index in [-0.39, 0.29) is 17.9 Å². The maximum Gasteiger partial charge on any atom is 0.500 e. The summed E-state index contributed by atoms with van der Waals surface area (Å²) in [6, 6.07) is 4.76. The summed E-state index contributed by atoms with van der Waals surface area (Å²) < 4.78 is 28.1. The van der Waals surface area contributed by atoms with Crippen LogP contribution in [0.4, 0.5) is 4.79 Å². The largest absolute Gasteiger partial charge is 0.507 e. The van der Waals surface area contributed by atoms with Crippen LogP contribution in [0.5, 0.6) is 5.75 Å². The summed E-state index contributed by atoms with van der Waals surface area (Å²) in [6.07, 6.45) is -0.0125. The summed E-state index contributed by atoms with van der Waals surface area (Å²) >= 11 is 3.22. The van der Waals surface area contributed by atoms with Crippen molar-refractivity contribution in [2.45, 2.75) is 39.8 Å². The van der Waals surface area contributed by atoms with E-state index in [0.29, 0.717) is 54.3 Å². The molecule has 0 radical (unpaired) electrons. The molecule has 31 heavy (non-hydrogen) atoms. The van der Waals surface area contributed by atoms with Crippen LogP contribution in [-0.4, -0.2) is 46.4 Å². The van der Waals surface area contributed by atoms with E-state index in [1.807, 2.05) is 20.8 Å². The molecule has 11 heteroatoms. The number of phenols is 1. The van der Waals surface area contributed by atoms with Gasteiger partial charge >= 0.3 is 20.5 Å². The van der Waals surface area contributed by atoms with Gasteiger partial charge in [-0.05, 0) is 49.2 Å². The highest BCUT2D eigenvalue weighted by Crippen LogP contribution is 2.30. The van der Waals surface area contributed by atoms with Crippen LogP contribution >= 0.6 is 15.9 Å². The number of alkyl carbamates (subject to hydrolysis) is 1. The minimum atomic E-state index is -2.75. The number of halogens is 1. The SMILES string of the molecule is CCO[Si](CCCNC(=O)OCc1cc(=O)oc2cc(O)c(Br)cc12)(OCC)OCC. The first kappa shape index (κ1) is 25.3. The van der Waals surface area contributed by atoms with Gasteiger partial charge in [0.15, 0.2) is 0 Å². The molecule has 0 spiro atoms. The van der Waals surface area contributed by atoms with Crippen molar-refractivity contribution in [1.82, 2.24) is 5.32 Å². The molecule has 172 valence electrons. The molecule has 0 bridgehead atoms. The Kier molecular flexibility index (Phi) is 9.97. The third-order valence-corrected chi connectivity index (χ3v) is 8.06. The van der Waals surface area contributed by atoms with Crippen LogP contribution in [0.25, 0.3) is 11.0 Å². The maximum absolute atomic E-state index is 12.1. The monoisotopic (exact) mass is 517 g/mol. The predicted octanol–water partition coefficient (Wildman–Crippen LogP) is 3.93. The van der Waals surface area contributed by atoms with Crippen molar-refractivity contribution in [3.8, 4) is 5.75 Å². The maximum atomic E-state index is 12.1. The fraction of sp³-hybridized carbons (Fsp3) is 0.500. The first-order valence-corrected chi connectivity index (χ1v) is 12.8. The molecule has 1 aromatic carbocycles. The van der Waals surface area contributed by atoms with Gasteiger partial charge < -0.3 is 32.9 Å². The van der Waals surface area contributed by atoms with Gasteiger partial charge in [-0.2, -0.15) is 0 Å². The summed E-state index contributed by atoms with van der Waals surface area (Å²) in [5.74, 6) is -0.0581. The first-order chi connectivity index (χ1) is 14.8. The van der Waals surface area contributed by atoms with E-state index in [4.69, 9.17) is 22.4 Å². The predicted molar refractivity (Wildman–Crippen MR) is 120 cm³/mol. The summed E-state index contributed by atoms with van der Waals surface area (Å²) in [6.45, 7) is 7.39. The van der Waals surface area contributed by atoms with Crippen LogP contribution in [0, 0.1) is 0 Å². The van der Waals surface area contributed by atoms with Gasteiger partial charge in [-0.25, -0.2) is 9.59 Å². The van der Waals surface area contributed by atoms with Gasteiger partial charge in [0.25, 0.3) is 0 Å². The van der Waals surface area contributed by atoms with E-state index < -0.39 is 20.5 Å². The summed E-state index contributed by atoms with van der Waals surface area (Å²) in [5, 5.41) is 13.0. The molecule has 1 heterocycles. The highest BCUT2D eigenvalue weighted by Gasteiger charge is 2.39. The molecule has 2 N–H and O–H groups in total. The number of aromatic hydroxyl groups is 1. The smallest absolute Gasteiger partial charge is 0.500 e. The van der Waals surface area contributed by atoms with Gasteiger partial charge in [-0.3, -0.25) is 0 Å². The van der Waals surface area contributed by atoms with Crippen molar-refractivity contribution in [3.05, 3.63) is 38.7 Å². The first-order valence-electron chi connectivity index (χ1n) is 10.1. The Balaban J connectivity index is 1.91. The molecule has 9 nitrogen and oxygen atoms in total. The fourth-order valence-corrected chi connectivity index (χ4v) is 6.00. The zero-order valence-electron chi connectivity index (χ0n) is 17.9. The Labute approximate surface area is 190 Å². The lowest BCUT2D eigenvalue weighted by atomic mass is 10.1. The number of rotatable bonds is 12. The normalized spacial score (nSPS) is 11.6. The Morgan fingerprint density at radius 3 is 2.39 bits per heavy atom. The molecule has 2 rings (SSSR count). The lowest BCUT2D eigenvalue weighted by molar-refractivity contribution is 0.0706. The van der Waals surface area contributed by atoms with E-state index >= 15 is 0 Å². The molecule has 0 atom stereocenters. The number of hydrogen-bond acceptors (Lipinski definition) is 8. The number of benzene rings is 1. The number of ether oxygens (including phenoxy) is 1. The Morgan fingerprint density at radius 1 is 1.13 bits per heavy atom. The molecule has 0 aliphatic rings. The molecule has 0 saturated carbocycles. The van der Waals surface area contributed by atoms with E-state index in [2.05, 4.69) is 21.2 Å². The second kappa shape index (κ2) is 12.2. The zero-order valence-corrected chi connectivity index (χ0v) is 20.5. The second-order valence-corrected chi connectivity index (χ2v) is 10.1. The van der Waals surface area contributed by atoms with Crippen molar-refractivity contribution in [2.75, 3.05) is 26.4 Å². The third-order valence-electron chi connectivity index (χ3n) is 4.28. The van der Waals surface area contributed by atoms with Gasteiger partial charge in [-0.1, -0.05) is 0 Å². The van der Waals surface area contributed by atoms with E-state index in [0.717, 1.165) is 0 Å². The molecule has 1 aromatic heterocycles. The van der Waals surface area contributed by atoms with Crippen LogP contribution in [0.15, 0.2) is 31.9 Å². The lowest BCUT2D eigenvalue weighted by Crippen LogP contribution is -2.46. The zero-order chi connectivity index (χ0) is 22.9. The number of hydrogen-bond donors (Lipinski definition) is 2. The number of nitrogens with one attached hydrogen (secondary N) is 1. The quantitative estimate of drug-likeness (QED) is 0.247. The fourth-order valence-electron chi connectivity index (χ4n) is 3.05. The molecular formula is C20H28BrNO8Si. The Bertz CT molecular complexity index is 918. The van der Waals surface area contributed by atoms with E-state index in [1.165, 1.54) is 12.1 Å².